The molecule has 4 aromatic rings. The van der Waals surface area contributed by atoms with Gasteiger partial charge in [-0.2, -0.15) is 0 Å². The predicted octanol–water partition coefficient (Wildman–Crippen LogP) is 5.35. The third-order valence-electron chi connectivity index (χ3n) is 5.93. The average Bonchev–Trinajstić information content (AvgIpc) is 3.52. The number of thiazole rings is 1. The monoisotopic (exact) mass is 481 g/mol. The highest BCUT2D eigenvalue weighted by Gasteiger charge is 2.30. The Labute approximate surface area is 207 Å². The quantitative estimate of drug-likeness (QED) is 0.334. The maximum Gasteiger partial charge on any atom is 0.260 e. The van der Waals surface area contributed by atoms with Crippen molar-refractivity contribution in [2.75, 3.05) is 16.3 Å². The normalized spacial score (nSPS) is 13.3. The van der Waals surface area contributed by atoms with Crippen molar-refractivity contribution < 1.29 is 14.4 Å². The second kappa shape index (κ2) is 10.0. The van der Waals surface area contributed by atoms with Crippen molar-refractivity contribution in [1.82, 2.24) is 4.98 Å². The van der Waals surface area contributed by atoms with Crippen molar-refractivity contribution in [2.24, 2.45) is 0 Å². The minimum absolute atomic E-state index is 0.180. The summed E-state index contributed by atoms with van der Waals surface area (Å²) in [5, 5.41) is 2.58. The first-order valence-corrected chi connectivity index (χ1v) is 12.3. The first-order chi connectivity index (χ1) is 17.1. The Balaban J connectivity index is 1.42. The van der Waals surface area contributed by atoms with E-state index in [-0.39, 0.29) is 30.6 Å². The Morgan fingerprint density at radius 2 is 1.49 bits per heavy atom. The molecule has 0 bridgehead atoms. The van der Waals surface area contributed by atoms with Gasteiger partial charge in [0.2, 0.25) is 11.8 Å². The molecule has 3 amide bonds. The summed E-state index contributed by atoms with van der Waals surface area (Å²) in [4.78, 5) is 45.4. The van der Waals surface area contributed by atoms with Crippen LogP contribution in [0.15, 0.2) is 90.3 Å². The zero-order valence-electron chi connectivity index (χ0n) is 19.0. The molecule has 3 aromatic carbocycles. The van der Waals surface area contributed by atoms with Crippen LogP contribution in [0.5, 0.6) is 0 Å². The number of anilines is 2. The number of hydrogen-bond donors (Lipinski definition) is 0. The van der Waals surface area contributed by atoms with Gasteiger partial charge in [0.1, 0.15) is 0 Å². The molecule has 1 fully saturated rings. The summed E-state index contributed by atoms with van der Waals surface area (Å²) in [6.07, 6.45) is 1.13. The summed E-state index contributed by atoms with van der Waals surface area (Å²) in [5.74, 6) is -0.606. The van der Waals surface area contributed by atoms with Crippen molar-refractivity contribution in [3.8, 4) is 11.3 Å². The number of nitrogens with zero attached hydrogens (tertiary/aromatic N) is 3. The molecule has 0 spiro atoms. The molecule has 174 valence electrons. The molecule has 0 saturated carbocycles. The highest BCUT2D eigenvalue weighted by molar-refractivity contribution is 7.14. The third kappa shape index (κ3) is 4.90. The zero-order valence-corrected chi connectivity index (χ0v) is 19.8. The van der Waals surface area contributed by atoms with Crippen LogP contribution in [0.4, 0.5) is 10.8 Å². The SMILES string of the molecule is O=C(c1ccc(N2C(=O)CCC2=O)cc1)N(CCc1ccccc1)c1nc(-c2ccccc2)cs1. The summed E-state index contributed by atoms with van der Waals surface area (Å²) < 4.78 is 0. The van der Waals surface area contributed by atoms with E-state index in [9.17, 15) is 14.4 Å². The van der Waals surface area contributed by atoms with Gasteiger partial charge in [0.05, 0.1) is 11.4 Å². The molecule has 0 atom stereocenters. The van der Waals surface area contributed by atoms with E-state index in [1.165, 1.54) is 16.2 Å². The Morgan fingerprint density at radius 1 is 0.857 bits per heavy atom. The van der Waals surface area contributed by atoms with E-state index in [0.29, 0.717) is 29.3 Å². The lowest BCUT2D eigenvalue weighted by molar-refractivity contribution is -0.121. The minimum atomic E-state index is -0.213. The van der Waals surface area contributed by atoms with Gasteiger partial charge in [-0.15, -0.1) is 11.3 Å². The van der Waals surface area contributed by atoms with Gasteiger partial charge in [0.25, 0.3) is 5.91 Å². The number of aromatic nitrogens is 1. The molecule has 35 heavy (non-hydrogen) atoms. The molecule has 0 N–H and O–H groups in total. The molecule has 6 nitrogen and oxygen atoms in total. The Kier molecular flexibility index (Phi) is 6.50. The summed E-state index contributed by atoms with van der Waals surface area (Å²) in [5.41, 5.74) is 3.91. The van der Waals surface area contributed by atoms with E-state index in [1.807, 2.05) is 66.0 Å². The molecular weight excluding hydrogens is 458 g/mol. The lowest BCUT2D eigenvalue weighted by Crippen LogP contribution is -2.33. The van der Waals surface area contributed by atoms with Crippen molar-refractivity contribution in [1.29, 1.82) is 0 Å². The highest BCUT2D eigenvalue weighted by Crippen LogP contribution is 2.29. The molecule has 0 radical (unpaired) electrons. The van der Waals surface area contributed by atoms with Crippen molar-refractivity contribution in [3.05, 3.63) is 101 Å². The standard InChI is InChI=1S/C28H23N3O3S/c32-25-15-16-26(33)31(25)23-13-11-22(12-14-23)27(34)30(18-17-20-7-3-1-4-8-20)28-29-24(19-35-28)21-9-5-2-6-10-21/h1-14,19H,15-18H2. The second-order valence-corrected chi connectivity index (χ2v) is 9.08. The summed E-state index contributed by atoms with van der Waals surface area (Å²) in [6.45, 7) is 0.468. The smallest absolute Gasteiger partial charge is 0.260 e. The molecule has 2 heterocycles. The molecule has 1 aliphatic heterocycles. The van der Waals surface area contributed by atoms with E-state index >= 15 is 0 Å². The van der Waals surface area contributed by atoms with Crippen LogP contribution < -0.4 is 9.80 Å². The summed E-state index contributed by atoms with van der Waals surface area (Å²) in [7, 11) is 0. The first-order valence-electron chi connectivity index (χ1n) is 11.4. The number of amides is 3. The molecular formula is C28H23N3O3S. The van der Waals surface area contributed by atoms with Gasteiger partial charge in [0, 0.05) is 35.9 Å². The van der Waals surface area contributed by atoms with Crippen molar-refractivity contribution in [2.45, 2.75) is 19.3 Å². The van der Waals surface area contributed by atoms with E-state index in [4.69, 9.17) is 4.98 Å². The number of benzene rings is 3. The van der Waals surface area contributed by atoms with Crippen LogP contribution in [0, 0.1) is 0 Å². The van der Waals surface area contributed by atoms with E-state index in [0.717, 1.165) is 16.8 Å². The molecule has 0 aliphatic carbocycles. The lowest BCUT2D eigenvalue weighted by Gasteiger charge is -2.21. The Morgan fingerprint density at radius 3 is 2.14 bits per heavy atom. The number of imide groups is 1. The van der Waals surface area contributed by atoms with Gasteiger partial charge >= 0.3 is 0 Å². The molecule has 1 aromatic heterocycles. The van der Waals surface area contributed by atoms with Gasteiger partial charge in [-0.3, -0.25) is 24.2 Å². The fourth-order valence-electron chi connectivity index (χ4n) is 4.07. The number of carbonyl (C=O) groups excluding carboxylic acids is 3. The fraction of sp³-hybridized carbons (Fsp3) is 0.143. The van der Waals surface area contributed by atoms with Crippen LogP contribution in [0.2, 0.25) is 0 Å². The van der Waals surface area contributed by atoms with Gasteiger partial charge in [-0.05, 0) is 36.2 Å². The second-order valence-electron chi connectivity index (χ2n) is 8.24. The number of hydrogen-bond acceptors (Lipinski definition) is 5. The molecule has 1 aliphatic rings. The minimum Gasteiger partial charge on any atom is -0.284 e. The van der Waals surface area contributed by atoms with Crippen LogP contribution >= 0.6 is 11.3 Å². The van der Waals surface area contributed by atoms with Crippen LogP contribution in [-0.4, -0.2) is 29.3 Å². The van der Waals surface area contributed by atoms with Crippen LogP contribution in [0.1, 0.15) is 28.8 Å². The Bertz CT molecular complexity index is 1340. The van der Waals surface area contributed by atoms with E-state index in [2.05, 4.69) is 0 Å². The first kappa shape index (κ1) is 22.7. The summed E-state index contributed by atoms with van der Waals surface area (Å²) in [6, 6.07) is 26.5. The highest BCUT2D eigenvalue weighted by atomic mass is 32.1. The van der Waals surface area contributed by atoms with Gasteiger partial charge < -0.3 is 0 Å². The fourth-order valence-corrected chi connectivity index (χ4v) is 4.93. The maximum absolute atomic E-state index is 13.6. The average molecular weight is 482 g/mol. The zero-order chi connectivity index (χ0) is 24.2. The van der Waals surface area contributed by atoms with Crippen LogP contribution in [0.3, 0.4) is 0 Å². The van der Waals surface area contributed by atoms with Crippen LogP contribution in [0.25, 0.3) is 11.3 Å². The molecule has 0 unspecified atom stereocenters. The number of carbonyl (C=O) groups is 3. The maximum atomic E-state index is 13.6. The van der Waals surface area contributed by atoms with Crippen molar-refractivity contribution >= 4 is 39.9 Å². The van der Waals surface area contributed by atoms with Gasteiger partial charge in [-0.25, -0.2) is 4.98 Å². The predicted molar refractivity (Wildman–Crippen MR) is 138 cm³/mol. The van der Waals surface area contributed by atoms with Crippen LogP contribution in [-0.2, 0) is 16.0 Å². The van der Waals surface area contributed by atoms with E-state index < -0.39 is 0 Å². The lowest BCUT2D eigenvalue weighted by atomic mass is 10.1. The topological polar surface area (TPSA) is 70.6 Å². The molecule has 7 heteroatoms. The van der Waals surface area contributed by atoms with Gasteiger partial charge in [0.15, 0.2) is 5.13 Å². The Hall–Kier alpha value is -4.10. The number of rotatable bonds is 7. The van der Waals surface area contributed by atoms with Crippen molar-refractivity contribution in [3.63, 3.8) is 0 Å². The summed E-state index contributed by atoms with van der Waals surface area (Å²) >= 11 is 1.43. The third-order valence-corrected chi connectivity index (χ3v) is 6.79. The van der Waals surface area contributed by atoms with E-state index in [1.54, 1.807) is 29.2 Å². The largest absolute Gasteiger partial charge is 0.284 e. The molecule has 1 saturated heterocycles. The van der Waals surface area contributed by atoms with Gasteiger partial charge in [-0.1, -0.05) is 60.7 Å². The molecule has 5 rings (SSSR count).